The summed E-state index contributed by atoms with van der Waals surface area (Å²) in [6.45, 7) is 0.215. The van der Waals surface area contributed by atoms with Crippen LogP contribution in [0, 0.1) is 6.42 Å². The molecule has 1 aromatic heterocycles. The maximum Gasteiger partial charge on any atom is 0.261 e. The molecule has 1 aliphatic rings. The average molecular weight is 474 g/mol. The van der Waals surface area contributed by atoms with Crippen molar-refractivity contribution >= 4 is 27.6 Å². The molecule has 0 aliphatic carbocycles. The van der Waals surface area contributed by atoms with E-state index in [2.05, 4.69) is 10.3 Å². The van der Waals surface area contributed by atoms with Gasteiger partial charge in [0.2, 0.25) is 11.8 Å². The van der Waals surface area contributed by atoms with Crippen molar-refractivity contribution in [3.8, 4) is 0 Å². The van der Waals surface area contributed by atoms with Crippen molar-refractivity contribution in [2.45, 2.75) is 36.6 Å². The van der Waals surface area contributed by atoms with Gasteiger partial charge in [0.1, 0.15) is 0 Å². The minimum atomic E-state index is -4.25. The molecule has 2 amide bonds. The van der Waals surface area contributed by atoms with Gasteiger partial charge in [-0.15, -0.1) is 0 Å². The molecule has 0 bridgehead atoms. The van der Waals surface area contributed by atoms with E-state index in [0.717, 1.165) is 9.87 Å². The van der Waals surface area contributed by atoms with Gasteiger partial charge in [0.05, 0.1) is 25.7 Å². The van der Waals surface area contributed by atoms with Gasteiger partial charge < -0.3 is 15.8 Å². The van der Waals surface area contributed by atoms with Gasteiger partial charge in [-0.2, -0.15) is 4.31 Å². The summed E-state index contributed by atoms with van der Waals surface area (Å²) in [6.07, 6.45) is 2.92. The third-order valence-corrected chi connectivity index (χ3v) is 6.85. The second-order valence-corrected chi connectivity index (χ2v) is 9.24. The highest BCUT2D eigenvalue weighted by atomic mass is 32.2. The smallest absolute Gasteiger partial charge is 0.261 e. The summed E-state index contributed by atoms with van der Waals surface area (Å²) >= 11 is 0. The van der Waals surface area contributed by atoms with Crippen LogP contribution in [0.4, 0.5) is 0 Å². The van der Waals surface area contributed by atoms with Crippen molar-refractivity contribution in [2.75, 3.05) is 13.2 Å². The Labute approximate surface area is 192 Å². The largest absolute Gasteiger partial charge is 0.376 e. The fourth-order valence-electron chi connectivity index (χ4n) is 3.48. The second kappa shape index (κ2) is 11.1. The third-order valence-electron chi connectivity index (χ3n) is 5.07. The highest BCUT2D eigenvalue weighted by Gasteiger charge is 2.44. The van der Waals surface area contributed by atoms with E-state index in [1.165, 1.54) is 24.8 Å². The number of nitrogens with two attached hydrogens (primary N) is 1. The Morgan fingerprint density at radius 2 is 1.91 bits per heavy atom. The van der Waals surface area contributed by atoms with Crippen molar-refractivity contribution in [2.24, 2.45) is 5.73 Å². The number of hydrogen-bond acceptors (Lipinski definition) is 7. The van der Waals surface area contributed by atoms with E-state index in [9.17, 15) is 22.8 Å². The summed E-state index contributed by atoms with van der Waals surface area (Å²) in [7, 11) is -4.25. The molecule has 3 rings (SSSR count). The minimum absolute atomic E-state index is 0.0149. The Bertz CT molecular complexity index is 1080. The number of pyridine rings is 1. The molecule has 11 heteroatoms. The van der Waals surface area contributed by atoms with E-state index in [-0.39, 0.29) is 31.0 Å². The first-order valence-corrected chi connectivity index (χ1v) is 11.8. The summed E-state index contributed by atoms with van der Waals surface area (Å²) in [5.74, 6) is -2.46. The SMILES string of the molecule is NC(=O)C1C(=O)[C@@H](NC(=O)[CH]COCc2ccccc2)CCCN1S(=O)(=O)c1ccccn1. The van der Waals surface area contributed by atoms with Crippen LogP contribution in [0.3, 0.4) is 0 Å². The van der Waals surface area contributed by atoms with Gasteiger partial charge in [-0.05, 0) is 30.5 Å². The molecule has 2 aromatic rings. The summed E-state index contributed by atoms with van der Waals surface area (Å²) in [5.41, 5.74) is 6.36. The van der Waals surface area contributed by atoms with Gasteiger partial charge in [-0.3, -0.25) is 14.4 Å². The molecule has 175 valence electrons. The van der Waals surface area contributed by atoms with Crippen molar-refractivity contribution in [1.82, 2.24) is 14.6 Å². The Balaban J connectivity index is 1.63. The van der Waals surface area contributed by atoms with Gasteiger partial charge in [0.15, 0.2) is 16.9 Å². The van der Waals surface area contributed by atoms with E-state index in [1.807, 2.05) is 30.3 Å². The number of carbonyl (C=O) groups is 3. The van der Waals surface area contributed by atoms with Gasteiger partial charge >= 0.3 is 0 Å². The fraction of sp³-hybridized carbons (Fsp3) is 0.318. The molecule has 10 nitrogen and oxygen atoms in total. The molecular weight excluding hydrogens is 448 g/mol. The number of Topliss-reactive ketones (excluding diaryl/α,β-unsaturated/α-hetero) is 1. The first kappa shape index (κ1) is 24.5. The Morgan fingerprint density at radius 1 is 1.18 bits per heavy atom. The highest BCUT2D eigenvalue weighted by Crippen LogP contribution is 2.22. The zero-order valence-electron chi connectivity index (χ0n) is 17.8. The number of amides is 2. The predicted molar refractivity (Wildman–Crippen MR) is 118 cm³/mol. The average Bonchev–Trinajstić information content (AvgIpc) is 2.97. The minimum Gasteiger partial charge on any atom is -0.376 e. The Morgan fingerprint density at radius 3 is 2.58 bits per heavy atom. The van der Waals surface area contributed by atoms with Crippen molar-refractivity contribution in [3.63, 3.8) is 0 Å². The summed E-state index contributed by atoms with van der Waals surface area (Å²) in [5, 5.41) is 2.24. The molecule has 2 atom stereocenters. The molecule has 3 N–H and O–H groups in total. The monoisotopic (exact) mass is 473 g/mol. The number of aromatic nitrogens is 1. The lowest BCUT2D eigenvalue weighted by atomic mass is 10.0. The normalized spacial score (nSPS) is 19.6. The van der Waals surface area contributed by atoms with Crippen LogP contribution in [-0.4, -0.2) is 60.5 Å². The molecule has 1 radical (unpaired) electrons. The summed E-state index contributed by atoms with van der Waals surface area (Å²) in [6, 6.07) is 10.9. The van der Waals surface area contributed by atoms with Crippen molar-refractivity contribution < 1.29 is 27.5 Å². The lowest BCUT2D eigenvalue weighted by Crippen LogP contribution is -2.56. The molecule has 1 unspecified atom stereocenters. The number of primary amides is 1. The Kier molecular flexibility index (Phi) is 8.26. The van der Waals surface area contributed by atoms with E-state index in [4.69, 9.17) is 10.5 Å². The molecule has 1 aromatic carbocycles. The number of carbonyl (C=O) groups excluding carboxylic acids is 3. The van der Waals surface area contributed by atoms with E-state index < -0.39 is 39.7 Å². The van der Waals surface area contributed by atoms with Crippen LogP contribution in [0.15, 0.2) is 59.8 Å². The van der Waals surface area contributed by atoms with Crippen LogP contribution in [-0.2, 0) is 35.8 Å². The number of nitrogens with one attached hydrogen (secondary N) is 1. The first-order chi connectivity index (χ1) is 15.8. The van der Waals surface area contributed by atoms with E-state index in [1.54, 1.807) is 6.07 Å². The summed E-state index contributed by atoms with van der Waals surface area (Å²) < 4.78 is 32.2. The molecular formula is C22H25N4O6S. The number of rotatable bonds is 9. The van der Waals surface area contributed by atoms with Gasteiger partial charge in [0.25, 0.3) is 10.0 Å². The molecule has 33 heavy (non-hydrogen) atoms. The maximum absolute atomic E-state index is 13.0. The molecule has 1 saturated heterocycles. The zero-order chi connectivity index (χ0) is 23.8. The van der Waals surface area contributed by atoms with Gasteiger partial charge in [0, 0.05) is 12.7 Å². The van der Waals surface area contributed by atoms with Crippen molar-refractivity contribution in [3.05, 3.63) is 66.7 Å². The summed E-state index contributed by atoms with van der Waals surface area (Å²) in [4.78, 5) is 41.3. The maximum atomic E-state index is 13.0. The van der Waals surface area contributed by atoms with Crippen LogP contribution in [0.5, 0.6) is 0 Å². The van der Waals surface area contributed by atoms with E-state index >= 15 is 0 Å². The molecule has 1 fully saturated rings. The van der Waals surface area contributed by atoms with Crippen LogP contribution >= 0.6 is 0 Å². The standard InChI is InChI=1S/C22H25N4O6S/c23-22(29)20-21(28)17(25-18(27)11-14-32-15-16-7-2-1-3-8-16)9-6-13-26(20)33(30,31)19-10-4-5-12-24-19/h1-5,7-8,10-12,17,20H,6,9,13-15H2,(H2,23,29)(H,25,27)/t17-,20?/m0/s1. The van der Waals surface area contributed by atoms with Crippen LogP contribution in [0.25, 0.3) is 0 Å². The lowest BCUT2D eigenvalue weighted by molar-refractivity contribution is -0.134. The first-order valence-electron chi connectivity index (χ1n) is 10.3. The topological polar surface area (TPSA) is 149 Å². The predicted octanol–water partition coefficient (Wildman–Crippen LogP) is 0.195. The zero-order valence-corrected chi connectivity index (χ0v) is 18.6. The van der Waals surface area contributed by atoms with Gasteiger partial charge in [-0.1, -0.05) is 36.4 Å². The van der Waals surface area contributed by atoms with Gasteiger partial charge in [-0.25, -0.2) is 13.4 Å². The second-order valence-electron chi connectivity index (χ2n) is 7.40. The number of nitrogens with zero attached hydrogens (tertiary/aromatic N) is 2. The Hall–Kier alpha value is -3.15. The third kappa shape index (κ3) is 6.21. The van der Waals surface area contributed by atoms with Crippen molar-refractivity contribution in [1.29, 1.82) is 0 Å². The quantitative estimate of drug-likeness (QED) is 0.390. The molecule has 2 heterocycles. The highest BCUT2D eigenvalue weighted by molar-refractivity contribution is 7.89. The number of ether oxygens (including phenoxy) is 1. The number of sulfonamides is 1. The fourth-order valence-corrected chi connectivity index (χ4v) is 5.02. The molecule has 0 spiro atoms. The number of ketones is 1. The number of hydrogen-bond donors (Lipinski definition) is 2. The van der Waals surface area contributed by atoms with E-state index in [0.29, 0.717) is 6.61 Å². The molecule has 1 aliphatic heterocycles. The van der Waals surface area contributed by atoms with Crippen LogP contribution in [0.1, 0.15) is 18.4 Å². The van der Waals surface area contributed by atoms with Crippen LogP contribution in [0.2, 0.25) is 0 Å². The number of benzene rings is 1. The van der Waals surface area contributed by atoms with Crippen LogP contribution < -0.4 is 11.1 Å². The molecule has 0 saturated carbocycles. The lowest BCUT2D eigenvalue weighted by Gasteiger charge is -2.26.